The van der Waals surface area contributed by atoms with Crippen LogP contribution in [0, 0.1) is 47.4 Å². The van der Waals surface area contributed by atoms with Gasteiger partial charge in [-0.1, -0.05) is 74.5 Å². The van der Waals surface area contributed by atoms with Gasteiger partial charge >= 0.3 is 35.5 Å². The van der Waals surface area contributed by atoms with Crippen LogP contribution in [-0.2, 0) is 22.4 Å². The first-order valence-electron chi connectivity index (χ1n) is 20.7. The van der Waals surface area contributed by atoms with E-state index in [-0.39, 0.29) is 90.1 Å². The Morgan fingerprint density at radius 3 is 1.58 bits per heavy atom. The average Bonchev–Trinajstić information content (AvgIpc) is 3.91. The van der Waals surface area contributed by atoms with Crippen molar-refractivity contribution < 1.29 is 79.3 Å². The van der Waals surface area contributed by atoms with Crippen LogP contribution in [0.5, 0.6) is 11.5 Å². The van der Waals surface area contributed by atoms with Crippen molar-refractivity contribution in [1.29, 1.82) is 0 Å². The SMILES string of the molecule is CC#CCC(C)[C@H](O)/C=C/[C@@H]1[C@H]2c3cccc(CCCC(=O)O)c3O[C@H]2C[C@H]1O.CC#CCC(C)[C@H](O)/C=C/[C@@H]1[C@H]2c3cccc(CCCC(=O)[O-])c3O[C@H]2C[C@H]1O.[Na+]. The molecule has 0 radical (unpaired) electrons. The van der Waals surface area contributed by atoms with Gasteiger partial charge in [0, 0.05) is 72.9 Å². The second-order valence-corrected chi connectivity index (χ2v) is 16.2. The minimum Gasteiger partial charge on any atom is -0.550 e. The Morgan fingerprint density at radius 2 is 1.19 bits per heavy atom. The number of aliphatic hydroxyl groups excluding tert-OH is 4. The van der Waals surface area contributed by atoms with E-state index in [4.69, 9.17) is 14.6 Å². The van der Waals surface area contributed by atoms with Gasteiger partial charge in [-0.15, -0.1) is 23.7 Å². The van der Waals surface area contributed by atoms with E-state index in [0.29, 0.717) is 51.4 Å². The first-order chi connectivity index (χ1) is 27.8. The van der Waals surface area contributed by atoms with Gasteiger partial charge in [-0.25, -0.2) is 0 Å². The summed E-state index contributed by atoms with van der Waals surface area (Å²) in [6, 6.07) is 12.0. The molecule has 59 heavy (non-hydrogen) atoms. The summed E-state index contributed by atoms with van der Waals surface area (Å²) in [5.74, 6) is 11.4. The number of hydrogen-bond acceptors (Lipinski definition) is 9. The number of benzene rings is 2. The zero-order chi connectivity index (χ0) is 41.9. The summed E-state index contributed by atoms with van der Waals surface area (Å²) in [4.78, 5) is 21.5. The molecule has 5 N–H and O–H groups in total. The number of carboxylic acid groups (broad SMARTS) is 2. The second kappa shape index (κ2) is 22.9. The molecule has 312 valence electrons. The maximum absolute atomic E-state index is 10.8. The Hall–Kier alpha value is -3.58. The van der Waals surface area contributed by atoms with Crippen LogP contribution in [0.1, 0.15) is 113 Å². The van der Waals surface area contributed by atoms with E-state index in [1.54, 1.807) is 26.0 Å². The fourth-order valence-electron chi connectivity index (χ4n) is 8.81. The van der Waals surface area contributed by atoms with Crippen molar-refractivity contribution in [2.24, 2.45) is 23.7 Å². The predicted octanol–water partition coefficient (Wildman–Crippen LogP) is 2.24. The van der Waals surface area contributed by atoms with Crippen molar-refractivity contribution in [2.75, 3.05) is 0 Å². The third kappa shape index (κ3) is 12.3. The van der Waals surface area contributed by atoms with Crippen molar-refractivity contribution in [3.05, 3.63) is 83.0 Å². The van der Waals surface area contributed by atoms with Gasteiger partial charge in [0.25, 0.3) is 0 Å². The molecule has 2 aromatic rings. The number of carbonyl (C=O) groups excluding carboxylic acids is 1. The molecule has 2 saturated carbocycles. The number of fused-ring (bicyclic) bond motifs is 6. The predicted molar refractivity (Wildman–Crippen MR) is 219 cm³/mol. The smallest absolute Gasteiger partial charge is 0.550 e. The number of rotatable bonds is 16. The monoisotopic (exact) mass is 818 g/mol. The van der Waals surface area contributed by atoms with Crippen molar-refractivity contribution in [3.8, 4) is 35.2 Å². The number of ether oxygens (including phenoxy) is 2. The minimum atomic E-state index is -1.04. The molecule has 12 atom stereocenters. The molecule has 2 fully saturated rings. The number of aliphatic carboxylic acids is 2. The zero-order valence-corrected chi connectivity index (χ0v) is 37.1. The number of carbonyl (C=O) groups is 2. The van der Waals surface area contributed by atoms with E-state index < -0.39 is 36.4 Å². The summed E-state index contributed by atoms with van der Waals surface area (Å²) in [5, 5.41) is 61.5. The zero-order valence-electron chi connectivity index (χ0n) is 35.1. The van der Waals surface area contributed by atoms with Crippen LogP contribution < -0.4 is 44.1 Å². The maximum Gasteiger partial charge on any atom is 1.00 e. The molecule has 10 nitrogen and oxygen atoms in total. The molecule has 0 saturated heterocycles. The van der Waals surface area contributed by atoms with Gasteiger partial charge in [0.05, 0.1) is 24.4 Å². The average molecular weight is 819 g/mol. The topological polar surface area (TPSA) is 177 Å². The first-order valence-corrected chi connectivity index (χ1v) is 20.7. The minimum absolute atomic E-state index is 0. The molecule has 4 aliphatic rings. The van der Waals surface area contributed by atoms with Crippen molar-refractivity contribution in [3.63, 3.8) is 0 Å². The van der Waals surface area contributed by atoms with Crippen LogP contribution in [0.3, 0.4) is 0 Å². The van der Waals surface area contributed by atoms with Gasteiger partial charge < -0.3 is 44.9 Å². The molecular formula is C48H59NaO10. The summed E-state index contributed by atoms with van der Waals surface area (Å²) in [6.45, 7) is 7.50. The van der Waals surface area contributed by atoms with Gasteiger partial charge in [0.15, 0.2) is 0 Å². The van der Waals surface area contributed by atoms with E-state index in [1.165, 1.54) is 0 Å². The largest absolute Gasteiger partial charge is 1.00 e. The van der Waals surface area contributed by atoms with Crippen LogP contribution >= 0.6 is 0 Å². The summed E-state index contributed by atoms with van der Waals surface area (Å²) < 4.78 is 12.4. The van der Waals surface area contributed by atoms with Crippen molar-refractivity contribution in [1.82, 2.24) is 0 Å². The number of aryl methyl sites for hydroxylation is 2. The molecule has 0 aromatic heterocycles. The Bertz CT molecular complexity index is 1780. The molecule has 0 spiro atoms. The van der Waals surface area contributed by atoms with E-state index in [9.17, 15) is 35.1 Å². The molecule has 0 bridgehead atoms. The van der Waals surface area contributed by atoms with Gasteiger partial charge in [0.1, 0.15) is 23.7 Å². The number of carboxylic acids is 2. The van der Waals surface area contributed by atoms with E-state index in [1.807, 2.05) is 62.4 Å². The third-order valence-corrected chi connectivity index (χ3v) is 12.1. The van der Waals surface area contributed by atoms with Crippen LogP contribution in [0.2, 0.25) is 0 Å². The number of para-hydroxylation sites is 2. The number of aliphatic hydroxyl groups is 4. The van der Waals surface area contributed by atoms with Crippen LogP contribution in [0.15, 0.2) is 60.7 Å². The Morgan fingerprint density at radius 1 is 0.763 bits per heavy atom. The first kappa shape index (κ1) is 48.1. The standard InChI is InChI=1S/2C24H30O5.Na/c2*1-3-4-7-15(2)19(25)13-12-17-20(26)14-21-23(17)18-10-5-8-16(24(18)29-21)9-6-11-22(27)28;/h2*5,8,10,12-13,15,17,19-21,23,25-26H,6-7,9,11,14H2,1-2H3,(H,27,28);/q;;+1/p-1/b2*13-12+;/t2*15?,17-,19+,20+,21-,23-;/m00./s1. The van der Waals surface area contributed by atoms with E-state index in [2.05, 4.69) is 23.7 Å². The molecule has 2 aliphatic carbocycles. The molecule has 2 aliphatic heterocycles. The molecule has 2 aromatic carbocycles. The Labute approximate surface area is 371 Å². The fraction of sp³-hybridized carbons (Fsp3) is 0.542. The van der Waals surface area contributed by atoms with Gasteiger partial charge in [-0.3, -0.25) is 4.79 Å². The van der Waals surface area contributed by atoms with Crippen LogP contribution in [-0.4, -0.2) is 74.1 Å². The quantitative estimate of drug-likeness (QED) is 0.0960. The molecule has 2 heterocycles. The van der Waals surface area contributed by atoms with Crippen LogP contribution in [0.25, 0.3) is 0 Å². The molecular weight excluding hydrogens is 760 g/mol. The normalized spacial score (nSPS) is 26.4. The molecule has 0 amide bonds. The fourth-order valence-corrected chi connectivity index (χ4v) is 8.81. The number of hydrogen-bond donors (Lipinski definition) is 5. The summed E-state index contributed by atoms with van der Waals surface area (Å²) in [5.41, 5.74) is 4.17. The summed E-state index contributed by atoms with van der Waals surface area (Å²) in [6.07, 6.45) is 9.87. The third-order valence-electron chi connectivity index (χ3n) is 12.1. The van der Waals surface area contributed by atoms with Gasteiger partial charge in [-0.2, -0.15) is 0 Å². The summed E-state index contributed by atoms with van der Waals surface area (Å²) >= 11 is 0. The van der Waals surface area contributed by atoms with Crippen LogP contribution in [0.4, 0.5) is 0 Å². The van der Waals surface area contributed by atoms with Crippen molar-refractivity contribution in [2.45, 2.75) is 140 Å². The molecule has 2 unspecified atom stereocenters. The summed E-state index contributed by atoms with van der Waals surface area (Å²) in [7, 11) is 0. The Kier molecular flexibility index (Phi) is 18.6. The molecule has 11 heteroatoms. The maximum atomic E-state index is 10.8. The van der Waals surface area contributed by atoms with E-state index >= 15 is 0 Å². The van der Waals surface area contributed by atoms with Gasteiger partial charge in [-0.05, 0) is 68.9 Å². The van der Waals surface area contributed by atoms with Crippen molar-refractivity contribution >= 4 is 11.9 Å². The Balaban J connectivity index is 0.000000256. The molecule has 6 rings (SSSR count). The second-order valence-electron chi connectivity index (χ2n) is 16.2. The van der Waals surface area contributed by atoms with Gasteiger partial charge in [0.2, 0.25) is 0 Å². The van der Waals surface area contributed by atoms with E-state index in [0.717, 1.165) is 33.8 Å².